The molecule has 1 saturated carbocycles. The minimum absolute atomic E-state index is 0.138. The number of rotatable bonds is 6. The third kappa shape index (κ3) is 4.66. The van der Waals surface area contributed by atoms with Crippen molar-refractivity contribution >= 4 is 5.91 Å². The molecule has 0 bridgehead atoms. The van der Waals surface area contributed by atoms with Crippen LogP contribution in [-0.4, -0.2) is 39.8 Å². The van der Waals surface area contributed by atoms with Gasteiger partial charge in [0.2, 0.25) is 0 Å². The smallest absolute Gasteiger partial charge is 0.275 e. The first-order valence-electron chi connectivity index (χ1n) is 9.50. The summed E-state index contributed by atoms with van der Waals surface area (Å²) in [5.74, 6) is 3.30. The average Bonchev–Trinajstić information content (AvgIpc) is 2.66. The highest BCUT2D eigenvalue weighted by atomic mass is 16.5. The summed E-state index contributed by atoms with van der Waals surface area (Å²) in [5, 5.41) is 3.05. The molecular formula is C20H31N2O3+. The maximum Gasteiger partial charge on any atom is 0.275 e. The van der Waals surface area contributed by atoms with Gasteiger partial charge in [0.15, 0.2) is 18.0 Å². The summed E-state index contributed by atoms with van der Waals surface area (Å²) in [6, 6.07) is 5.75. The van der Waals surface area contributed by atoms with Gasteiger partial charge in [0, 0.05) is 12.5 Å². The molecule has 1 aliphatic carbocycles. The topological polar surface area (TPSA) is 52.0 Å². The lowest BCUT2D eigenvalue weighted by molar-refractivity contribution is -0.902. The molecule has 0 spiro atoms. The Morgan fingerprint density at radius 1 is 1.12 bits per heavy atom. The summed E-state index contributed by atoms with van der Waals surface area (Å²) in [6.45, 7) is 3.44. The molecule has 1 heterocycles. The number of carbonyl (C=O) groups excluding carboxylic acids is 1. The monoisotopic (exact) mass is 347 g/mol. The Hall–Kier alpha value is -1.75. The molecule has 2 fully saturated rings. The molecule has 138 valence electrons. The van der Waals surface area contributed by atoms with E-state index in [2.05, 4.69) is 5.32 Å². The number of hydrogen-bond donors (Lipinski definition) is 2. The molecule has 0 radical (unpaired) electrons. The zero-order chi connectivity index (χ0) is 17.6. The number of quaternary nitrogens is 1. The van der Waals surface area contributed by atoms with Crippen LogP contribution in [0.1, 0.15) is 37.7 Å². The summed E-state index contributed by atoms with van der Waals surface area (Å²) in [4.78, 5) is 13.8. The van der Waals surface area contributed by atoms with Crippen LogP contribution in [0.15, 0.2) is 18.2 Å². The van der Waals surface area contributed by atoms with Crippen molar-refractivity contribution in [3.05, 3.63) is 23.8 Å². The molecule has 3 rings (SSSR count). The van der Waals surface area contributed by atoms with Crippen LogP contribution in [0.2, 0.25) is 0 Å². The second-order valence-electron chi connectivity index (χ2n) is 7.44. The number of nitrogens with one attached hydrogen (secondary N) is 2. The second kappa shape index (κ2) is 8.56. The van der Waals surface area contributed by atoms with Crippen LogP contribution in [0.5, 0.6) is 11.5 Å². The Morgan fingerprint density at radius 2 is 1.88 bits per heavy atom. The highest BCUT2D eigenvalue weighted by Gasteiger charge is 2.34. The van der Waals surface area contributed by atoms with Gasteiger partial charge in [-0.2, -0.15) is 0 Å². The maximum absolute atomic E-state index is 12.3. The second-order valence-corrected chi connectivity index (χ2v) is 7.44. The maximum atomic E-state index is 12.3. The lowest BCUT2D eigenvalue weighted by atomic mass is 9.75. The van der Waals surface area contributed by atoms with Gasteiger partial charge in [-0.15, -0.1) is 0 Å². The van der Waals surface area contributed by atoms with Crippen LogP contribution < -0.4 is 19.7 Å². The van der Waals surface area contributed by atoms with Crippen molar-refractivity contribution in [1.29, 1.82) is 0 Å². The molecular weight excluding hydrogens is 316 g/mol. The van der Waals surface area contributed by atoms with Crippen molar-refractivity contribution in [3.63, 3.8) is 0 Å². The molecule has 1 aliphatic heterocycles. The van der Waals surface area contributed by atoms with Gasteiger partial charge in [0.25, 0.3) is 5.91 Å². The van der Waals surface area contributed by atoms with E-state index in [9.17, 15) is 4.79 Å². The van der Waals surface area contributed by atoms with Crippen LogP contribution in [0.3, 0.4) is 0 Å². The molecule has 1 aromatic carbocycles. The Morgan fingerprint density at radius 3 is 2.64 bits per heavy atom. The molecule has 2 aliphatic rings. The van der Waals surface area contributed by atoms with Gasteiger partial charge in [-0.05, 0) is 42.9 Å². The van der Waals surface area contributed by atoms with Crippen LogP contribution in [0.25, 0.3) is 0 Å². The van der Waals surface area contributed by atoms with E-state index in [0.29, 0.717) is 24.6 Å². The summed E-state index contributed by atoms with van der Waals surface area (Å²) >= 11 is 0. The number of carbonyl (C=O) groups is 1. The molecule has 5 heteroatoms. The van der Waals surface area contributed by atoms with E-state index in [1.165, 1.54) is 43.5 Å². The minimum Gasteiger partial charge on any atom is -0.493 e. The fraction of sp³-hybridized carbons (Fsp3) is 0.650. The number of methoxy groups -OCH3 is 2. The van der Waals surface area contributed by atoms with Crippen LogP contribution in [0.4, 0.5) is 0 Å². The fourth-order valence-corrected chi connectivity index (χ4v) is 4.44. The SMILES string of the molecule is COc1ccc(CNC(=O)C[NH+]2CC[C@@H]3CCCC[C@@H]3C2)cc1OC. The van der Waals surface area contributed by atoms with Gasteiger partial charge in [-0.3, -0.25) is 4.79 Å². The molecule has 3 atom stereocenters. The summed E-state index contributed by atoms with van der Waals surface area (Å²) < 4.78 is 10.6. The third-order valence-corrected chi connectivity index (χ3v) is 5.83. The van der Waals surface area contributed by atoms with E-state index in [1.807, 2.05) is 18.2 Å². The first-order valence-corrected chi connectivity index (χ1v) is 9.50. The quantitative estimate of drug-likeness (QED) is 0.818. The number of piperidine rings is 1. The Balaban J connectivity index is 1.46. The van der Waals surface area contributed by atoms with Crippen molar-refractivity contribution in [2.24, 2.45) is 11.8 Å². The number of hydrogen-bond acceptors (Lipinski definition) is 3. The van der Waals surface area contributed by atoms with Gasteiger partial charge < -0.3 is 19.7 Å². The van der Waals surface area contributed by atoms with Crippen molar-refractivity contribution in [3.8, 4) is 11.5 Å². The number of amides is 1. The zero-order valence-electron chi connectivity index (χ0n) is 15.5. The van der Waals surface area contributed by atoms with E-state index in [0.717, 1.165) is 23.9 Å². The number of fused-ring (bicyclic) bond motifs is 1. The first kappa shape index (κ1) is 18.1. The van der Waals surface area contributed by atoms with Crippen LogP contribution in [-0.2, 0) is 11.3 Å². The summed E-state index contributed by atoms with van der Waals surface area (Å²) in [7, 11) is 3.25. The minimum atomic E-state index is 0.138. The predicted octanol–water partition coefficient (Wildman–Crippen LogP) is 1.41. The molecule has 1 saturated heterocycles. The fourth-order valence-electron chi connectivity index (χ4n) is 4.44. The van der Waals surface area contributed by atoms with Crippen LogP contribution >= 0.6 is 0 Å². The highest BCUT2D eigenvalue weighted by molar-refractivity contribution is 5.76. The van der Waals surface area contributed by atoms with E-state index in [4.69, 9.17) is 9.47 Å². The normalized spacial score (nSPS) is 25.8. The summed E-state index contributed by atoms with van der Waals surface area (Å²) in [6.07, 6.45) is 6.84. The molecule has 1 unspecified atom stereocenters. The number of benzene rings is 1. The predicted molar refractivity (Wildman–Crippen MR) is 97.0 cm³/mol. The van der Waals surface area contributed by atoms with Gasteiger partial charge in [0.05, 0.1) is 27.3 Å². The molecule has 5 nitrogen and oxygen atoms in total. The third-order valence-electron chi connectivity index (χ3n) is 5.83. The van der Waals surface area contributed by atoms with E-state index in [1.54, 1.807) is 14.2 Å². The molecule has 1 amide bonds. The van der Waals surface area contributed by atoms with Crippen LogP contribution in [0, 0.1) is 11.8 Å². The average molecular weight is 347 g/mol. The lowest BCUT2D eigenvalue weighted by Crippen LogP contribution is -3.15. The number of ether oxygens (including phenoxy) is 2. The lowest BCUT2D eigenvalue weighted by Gasteiger charge is -2.38. The van der Waals surface area contributed by atoms with Crippen molar-refractivity contribution < 1.29 is 19.2 Å². The Kier molecular flexibility index (Phi) is 6.19. The van der Waals surface area contributed by atoms with Gasteiger partial charge in [-0.1, -0.05) is 18.9 Å². The molecule has 1 aromatic rings. The molecule has 25 heavy (non-hydrogen) atoms. The van der Waals surface area contributed by atoms with Crippen molar-refractivity contribution in [2.75, 3.05) is 33.9 Å². The molecule has 2 N–H and O–H groups in total. The summed E-state index contributed by atoms with van der Waals surface area (Å²) in [5.41, 5.74) is 1.02. The largest absolute Gasteiger partial charge is 0.493 e. The van der Waals surface area contributed by atoms with E-state index < -0.39 is 0 Å². The molecule has 0 aromatic heterocycles. The van der Waals surface area contributed by atoms with Gasteiger partial charge >= 0.3 is 0 Å². The van der Waals surface area contributed by atoms with Gasteiger partial charge in [-0.25, -0.2) is 0 Å². The van der Waals surface area contributed by atoms with E-state index in [-0.39, 0.29) is 5.91 Å². The first-order chi connectivity index (χ1) is 12.2. The zero-order valence-corrected chi connectivity index (χ0v) is 15.5. The van der Waals surface area contributed by atoms with Gasteiger partial charge in [0.1, 0.15) is 0 Å². The van der Waals surface area contributed by atoms with E-state index >= 15 is 0 Å². The van der Waals surface area contributed by atoms with Crippen molar-refractivity contribution in [2.45, 2.75) is 38.6 Å². The van der Waals surface area contributed by atoms with Crippen molar-refractivity contribution in [1.82, 2.24) is 5.32 Å². The Bertz CT molecular complexity index is 590. The number of likely N-dealkylation sites (tertiary alicyclic amines) is 1. The Labute approximate surface area is 150 Å². The highest BCUT2D eigenvalue weighted by Crippen LogP contribution is 2.32. The standard InChI is InChI=1S/C20H30N2O3/c1-24-18-8-7-15(11-19(18)25-2)12-21-20(23)14-22-10-9-16-5-3-4-6-17(16)13-22/h7-8,11,16-17H,3-6,9-10,12-14H2,1-2H3,(H,21,23)/p+1/t16-,17+/m0/s1.